The Morgan fingerprint density at radius 1 is 1.27 bits per heavy atom. The van der Waals surface area contributed by atoms with Gasteiger partial charge in [-0.15, -0.1) is 0 Å². The summed E-state index contributed by atoms with van der Waals surface area (Å²) in [6.45, 7) is 6.56. The predicted molar refractivity (Wildman–Crippen MR) is 64.2 cm³/mol. The molecule has 2 N–H and O–H groups in total. The van der Waals surface area contributed by atoms with Gasteiger partial charge in [-0.25, -0.2) is 4.98 Å². The summed E-state index contributed by atoms with van der Waals surface area (Å²) in [6, 6.07) is 4.05. The van der Waals surface area contributed by atoms with Crippen LogP contribution in [0, 0.1) is 5.41 Å². The largest absolute Gasteiger partial charge is 0.381 e. The Kier molecular flexibility index (Phi) is 2.80. The predicted octanol–water partition coefficient (Wildman–Crippen LogP) is 2.73. The van der Waals surface area contributed by atoms with E-state index in [0.29, 0.717) is 5.41 Å². The van der Waals surface area contributed by atoms with Gasteiger partial charge in [0.15, 0.2) is 0 Å². The molecule has 0 amide bonds. The summed E-state index contributed by atoms with van der Waals surface area (Å²) in [6.07, 6.45) is 4.22. The number of hydrogen-bond donors (Lipinski definition) is 2. The van der Waals surface area contributed by atoms with E-state index in [2.05, 4.69) is 35.5 Å². The van der Waals surface area contributed by atoms with Crippen LogP contribution >= 0.6 is 0 Å². The van der Waals surface area contributed by atoms with Crippen molar-refractivity contribution in [3.05, 3.63) is 18.3 Å². The summed E-state index contributed by atoms with van der Waals surface area (Å²) in [5.41, 5.74) is 1.49. The van der Waals surface area contributed by atoms with Crippen molar-refractivity contribution in [1.29, 1.82) is 0 Å². The van der Waals surface area contributed by atoms with Crippen molar-refractivity contribution in [2.75, 3.05) is 23.7 Å². The molecule has 82 valence electrons. The maximum Gasteiger partial charge on any atom is 0.149 e. The molecule has 0 aliphatic carbocycles. The van der Waals surface area contributed by atoms with Gasteiger partial charge in [-0.1, -0.05) is 13.8 Å². The number of rotatable bonds is 2. The Bertz CT molecular complexity index is 302. The number of nitrogens with one attached hydrogen (secondary N) is 2. The zero-order valence-electron chi connectivity index (χ0n) is 9.51. The van der Waals surface area contributed by atoms with E-state index in [1.165, 1.54) is 12.8 Å². The molecule has 0 saturated heterocycles. The molecule has 0 aromatic carbocycles. The molecule has 0 unspecified atom stereocenters. The molecule has 2 heterocycles. The lowest BCUT2D eigenvalue weighted by molar-refractivity contribution is 0.307. The summed E-state index contributed by atoms with van der Waals surface area (Å²) in [7, 11) is 0. The molecule has 0 spiro atoms. The first kappa shape index (κ1) is 10.3. The maximum absolute atomic E-state index is 4.34. The first-order valence-corrected chi connectivity index (χ1v) is 5.72. The Balaban J connectivity index is 2.21. The topological polar surface area (TPSA) is 37.0 Å². The van der Waals surface area contributed by atoms with Crippen LogP contribution in [0.4, 0.5) is 11.5 Å². The SMILES string of the molecule is CCC1(CC)CNc2cccnc2NC1. The third-order valence-corrected chi connectivity index (χ3v) is 3.59. The van der Waals surface area contributed by atoms with E-state index in [0.717, 1.165) is 24.6 Å². The lowest BCUT2D eigenvalue weighted by atomic mass is 9.82. The van der Waals surface area contributed by atoms with Crippen LogP contribution in [0.3, 0.4) is 0 Å². The Hall–Kier alpha value is -1.25. The minimum atomic E-state index is 0.362. The molecule has 1 aliphatic rings. The number of hydrogen-bond acceptors (Lipinski definition) is 3. The molecular formula is C12H19N3. The van der Waals surface area contributed by atoms with E-state index in [-0.39, 0.29) is 0 Å². The zero-order valence-corrected chi connectivity index (χ0v) is 9.51. The molecule has 2 rings (SSSR count). The summed E-state index contributed by atoms with van der Waals surface area (Å²) in [4.78, 5) is 4.34. The second kappa shape index (κ2) is 4.09. The molecular weight excluding hydrogens is 186 g/mol. The van der Waals surface area contributed by atoms with E-state index in [1.54, 1.807) is 0 Å². The van der Waals surface area contributed by atoms with Crippen molar-refractivity contribution in [2.45, 2.75) is 26.7 Å². The molecule has 1 aliphatic heterocycles. The second-order valence-electron chi connectivity index (χ2n) is 4.31. The fourth-order valence-electron chi connectivity index (χ4n) is 2.06. The summed E-state index contributed by atoms with van der Waals surface area (Å²) in [5.74, 6) is 0.987. The number of fused-ring (bicyclic) bond motifs is 1. The van der Waals surface area contributed by atoms with Crippen LogP contribution < -0.4 is 10.6 Å². The van der Waals surface area contributed by atoms with Gasteiger partial charge < -0.3 is 10.6 Å². The second-order valence-corrected chi connectivity index (χ2v) is 4.31. The summed E-state index contributed by atoms with van der Waals surface area (Å²) >= 11 is 0. The van der Waals surface area contributed by atoms with Gasteiger partial charge in [0, 0.05) is 24.7 Å². The van der Waals surface area contributed by atoms with Crippen LogP contribution in [-0.2, 0) is 0 Å². The fourth-order valence-corrected chi connectivity index (χ4v) is 2.06. The Labute approximate surface area is 91.3 Å². The monoisotopic (exact) mass is 205 g/mol. The van der Waals surface area contributed by atoms with Crippen molar-refractivity contribution < 1.29 is 0 Å². The highest BCUT2D eigenvalue weighted by molar-refractivity contribution is 5.64. The zero-order chi connectivity index (χ0) is 10.7. The fraction of sp³-hybridized carbons (Fsp3) is 0.583. The van der Waals surface area contributed by atoms with Crippen molar-refractivity contribution in [1.82, 2.24) is 4.98 Å². The summed E-state index contributed by atoms with van der Waals surface area (Å²) < 4.78 is 0. The van der Waals surface area contributed by atoms with Gasteiger partial charge in [0.05, 0.1) is 5.69 Å². The first-order valence-electron chi connectivity index (χ1n) is 5.72. The highest BCUT2D eigenvalue weighted by Crippen LogP contribution is 2.32. The Morgan fingerprint density at radius 3 is 2.73 bits per heavy atom. The van der Waals surface area contributed by atoms with Gasteiger partial charge in [0.25, 0.3) is 0 Å². The van der Waals surface area contributed by atoms with E-state index >= 15 is 0 Å². The van der Waals surface area contributed by atoms with Gasteiger partial charge >= 0.3 is 0 Å². The molecule has 0 fully saturated rings. The minimum absolute atomic E-state index is 0.362. The maximum atomic E-state index is 4.34. The minimum Gasteiger partial charge on any atom is -0.381 e. The molecule has 0 bridgehead atoms. The molecule has 0 atom stereocenters. The van der Waals surface area contributed by atoms with Crippen LogP contribution in [0.15, 0.2) is 18.3 Å². The van der Waals surface area contributed by atoms with Crippen molar-refractivity contribution in [2.24, 2.45) is 5.41 Å². The van der Waals surface area contributed by atoms with Crippen LogP contribution in [0.25, 0.3) is 0 Å². The highest BCUT2D eigenvalue weighted by Gasteiger charge is 2.28. The molecule has 1 aromatic rings. The molecule has 15 heavy (non-hydrogen) atoms. The quantitative estimate of drug-likeness (QED) is 0.779. The van der Waals surface area contributed by atoms with Crippen LogP contribution in [0.2, 0.25) is 0 Å². The van der Waals surface area contributed by atoms with E-state index < -0.39 is 0 Å². The van der Waals surface area contributed by atoms with Gasteiger partial charge in [-0.05, 0) is 25.0 Å². The Morgan fingerprint density at radius 2 is 2.00 bits per heavy atom. The number of nitrogens with zero attached hydrogens (tertiary/aromatic N) is 1. The van der Waals surface area contributed by atoms with Crippen molar-refractivity contribution >= 4 is 11.5 Å². The van der Waals surface area contributed by atoms with Gasteiger partial charge in [0.2, 0.25) is 0 Å². The highest BCUT2D eigenvalue weighted by atomic mass is 15.1. The van der Waals surface area contributed by atoms with Crippen molar-refractivity contribution in [3.63, 3.8) is 0 Å². The standard InChI is InChI=1S/C12H19N3/c1-3-12(4-2)8-14-10-6-5-7-13-11(10)15-9-12/h5-7,14H,3-4,8-9H2,1-2H3,(H,13,15). The first-order chi connectivity index (χ1) is 7.29. The molecule has 1 aromatic heterocycles. The molecule has 3 heteroatoms. The van der Waals surface area contributed by atoms with Gasteiger partial charge in [-0.3, -0.25) is 0 Å². The van der Waals surface area contributed by atoms with E-state index in [9.17, 15) is 0 Å². The lowest BCUT2D eigenvalue weighted by Gasteiger charge is -2.29. The van der Waals surface area contributed by atoms with Crippen molar-refractivity contribution in [3.8, 4) is 0 Å². The smallest absolute Gasteiger partial charge is 0.149 e. The molecule has 0 radical (unpaired) electrons. The van der Waals surface area contributed by atoms with E-state index in [1.807, 2.05) is 12.3 Å². The third kappa shape index (κ3) is 1.91. The average Bonchev–Trinajstić information content (AvgIpc) is 2.49. The van der Waals surface area contributed by atoms with E-state index in [4.69, 9.17) is 0 Å². The third-order valence-electron chi connectivity index (χ3n) is 3.59. The molecule has 0 saturated carbocycles. The lowest BCUT2D eigenvalue weighted by Crippen LogP contribution is -2.33. The van der Waals surface area contributed by atoms with Gasteiger partial charge in [0.1, 0.15) is 5.82 Å². The number of anilines is 2. The van der Waals surface area contributed by atoms with Crippen LogP contribution in [0.5, 0.6) is 0 Å². The van der Waals surface area contributed by atoms with Crippen LogP contribution in [0.1, 0.15) is 26.7 Å². The summed E-state index contributed by atoms with van der Waals surface area (Å²) in [5, 5.41) is 6.94. The molecule has 3 nitrogen and oxygen atoms in total. The normalized spacial score (nSPS) is 18.3. The average molecular weight is 205 g/mol. The number of aromatic nitrogens is 1. The van der Waals surface area contributed by atoms with Crippen LogP contribution in [-0.4, -0.2) is 18.1 Å². The number of pyridine rings is 1. The van der Waals surface area contributed by atoms with Gasteiger partial charge in [-0.2, -0.15) is 0 Å².